The number of fused-ring (bicyclic) bond motifs is 1. The van der Waals surface area contributed by atoms with Crippen molar-refractivity contribution in [2.24, 2.45) is 0 Å². The van der Waals surface area contributed by atoms with Crippen molar-refractivity contribution in [3.05, 3.63) is 22.2 Å². The summed E-state index contributed by atoms with van der Waals surface area (Å²) >= 11 is 3.46. The van der Waals surface area contributed by atoms with Crippen molar-refractivity contribution >= 4 is 26.0 Å². The lowest BCUT2D eigenvalue weighted by molar-refractivity contribution is 0.174. The van der Waals surface area contributed by atoms with E-state index in [1.165, 1.54) is 0 Å². The molecule has 0 amide bonds. The quantitative estimate of drug-likeness (QED) is 0.742. The van der Waals surface area contributed by atoms with Crippen LogP contribution in [0.25, 0.3) is 0 Å². The van der Waals surface area contributed by atoms with Crippen molar-refractivity contribution in [3.8, 4) is 11.5 Å². The van der Waals surface area contributed by atoms with Gasteiger partial charge in [-0.1, -0.05) is 15.9 Å². The van der Waals surface area contributed by atoms with Crippen molar-refractivity contribution in [3.63, 3.8) is 0 Å². The molecule has 2 rings (SSSR count). The number of hydrogen-bond donors (Lipinski definition) is 2. The molecule has 0 spiro atoms. The Morgan fingerprint density at radius 2 is 1.95 bits per heavy atom. The highest BCUT2D eigenvalue weighted by molar-refractivity contribution is 9.10. The molecule has 0 aromatic heterocycles. The van der Waals surface area contributed by atoms with Gasteiger partial charge in [0.25, 0.3) is 0 Å². The number of ether oxygens (including phenoxy) is 2. The van der Waals surface area contributed by atoms with E-state index in [4.69, 9.17) is 9.47 Å². The Morgan fingerprint density at radius 1 is 1.26 bits per heavy atom. The molecule has 0 bridgehead atoms. The molecular weight excluding hydrogens is 336 g/mol. The fraction of sp³-hybridized carbons (Fsp3) is 0.455. The van der Waals surface area contributed by atoms with E-state index < -0.39 is 10.0 Å². The number of rotatable bonds is 6. The third-order valence-electron chi connectivity index (χ3n) is 2.52. The molecule has 1 aliphatic heterocycles. The van der Waals surface area contributed by atoms with Gasteiger partial charge in [-0.3, -0.25) is 0 Å². The molecule has 0 radical (unpaired) electrons. The molecule has 8 heteroatoms. The van der Waals surface area contributed by atoms with Crippen LogP contribution in [0.1, 0.15) is 5.56 Å². The van der Waals surface area contributed by atoms with Crippen molar-refractivity contribution in [2.75, 3.05) is 26.1 Å². The number of halogens is 1. The maximum Gasteiger partial charge on any atom is 0.231 e. The minimum atomic E-state index is -3.12. The minimum Gasteiger partial charge on any atom is -0.454 e. The first-order valence-corrected chi connectivity index (χ1v) is 8.37. The normalized spacial score (nSPS) is 13.8. The van der Waals surface area contributed by atoms with Crippen LogP contribution < -0.4 is 19.5 Å². The van der Waals surface area contributed by atoms with Gasteiger partial charge < -0.3 is 14.8 Å². The highest BCUT2D eigenvalue weighted by Crippen LogP contribution is 2.36. The average molecular weight is 351 g/mol. The van der Waals surface area contributed by atoms with Crippen LogP contribution in [0.15, 0.2) is 16.6 Å². The smallest absolute Gasteiger partial charge is 0.231 e. The number of nitrogens with one attached hydrogen (secondary N) is 2. The highest BCUT2D eigenvalue weighted by Gasteiger charge is 2.15. The molecule has 1 heterocycles. The van der Waals surface area contributed by atoms with Crippen LogP contribution in [-0.2, 0) is 16.6 Å². The summed E-state index contributed by atoms with van der Waals surface area (Å²) in [6, 6.07) is 3.78. The zero-order valence-electron chi connectivity index (χ0n) is 10.4. The largest absolute Gasteiger partial charge is 0.454 e. The highest BCUT2D eigenvalue weighted by atomic mass is 79.9. The van der Waals surface area contributed by atoms with Gasteiger partial charge in [0, 0.05) is 24.1 Å². The average Bonchev–Trinajstić information content (AvgIpc) is 2.74. The van der Waals surface area contributed by atoms with Gasteiger partial charge in [-0.15, -0.1) is 0 Å². The monoisotopic (exact) mass is 350 g/mol. The molecular formula is C11H15BrN2O4S. The van der Waals surface area contributed by atoms with Crippen LogP contribution in [0.4, 0.5) is 0 Å². The van der Waals surface area contributed by atoms with Gasteiger partial charge in [-0.05, 0) is 17.7 Å². The van der Waals surface area contributed by atoms with Gasteiger partial charge in [-0.25, -0.2) is 13.1 Å². The third-order valence-corrected chi connectivity index (χ3v) is 3.99. The molecule has 0 saturated heterocycles. The summed E-state index contributed by atoms with van der Waals surface area (Å²) in [7, 11) is -3.12. The van der Waals surface area contributed by atoms with Crippen LogP contribution in [0.5, 0.6) is 11.5 Å². The maximum absolute atomic E-state index is 10.9. The fourth-order valence-corrected chi connectivity index (χ4v) is 2.58. The van der Waals surface area contributed by atoms with Crippen molar-refractivity contribution in [1.82, 2.24) is 10.0 Å². The first-order chi connectivity index (χ1) is 8.96. The second kappa shape index (κ2) is 6.08. The predicted octanol–water partition coefficient (Wildman–Crippen LogP) is 0.817. The lowest BCUT2D eigenvalue weighted by Crippen LogP contribution is -2.30. The van der Waals surface area contributed by atoms with E-state index in [2.05, 4.69) is 26.0 Å². The van der Waals surface area contributed by atoms with Gasteiger partial charge >= 0.3 is 0 Å². The van der Waals surface area contributed by atoms with Crippen molar-refractivity contribution in [2.45, 2.75) is 6.54 Å². The minimum absolute atomic E-state index is 0.247. The number of benzene rings is 1. The Balaban J connectivity index is 1.83. The van der Waals surface area contributed by atoms with Crippen molar-refractivity contribution < 1.29 is 17.9 Å². The van der Waals surface area contributed by atoms with E-state index in [0.717, 1.165) is 27.8 Å². The molecule has 1 aliphatic rings. The van der Waals surface area contributed by atoms with Crippen LogP contribution in [-0.4, -0.2) is 34.6 Å². The molecule has 2 N–H and O–H groups in total. The van der Waals surface area contributed by atoms with Crippen LogP contribution >= 0.6 is 15.9 Å². The van der Waals surface area contributed by atoms with Crippen molar-refractivity contribution in [1.29, 1.82) is 0 Å². The van der Waals surface area contributed by atoms with Gasteiger partial charge in [0.05, 0.1) is 6.26 Å². The topological polar surface area (TPSA) is 76.7 Å². The molecule has 0 aliphatic carbocycles. The molecule has 106 valence electrons. The summed E-state index contributed by atoms with van der Waals surface area (Å²) in [5.74, 6) is 1.46. The molecule has 0 saturated carbocycles. The number of hydrogen-bond acceptors (Lipinski definition) is 5. The molecule has 0 unspecified atom stereocenters. The van der Waals surface area contributed by atoms with Gasteiger partial charge in [0.1, 0.15) is 0 Å². The summed E-state index contributed by atoms with van der Waals surface area (Å²) in [6.45, 7) is 1.77. The Morgan fingerprint density at radius 3 is 2.63 bits per heavy atom. The van der Waals surface area contributed by atoms with Gasteiger partial charge in [0.15, 0.2) is 11.5 Å². The van der Waals surface area contributed by atoms with E-state index in [9.17, 15) is 8.42 Å². The zero-order chi connectivity index (χ0) is 13.9. The third kappa shape index (κ3) is 4.34. The predicted molar refractivity (Wildman–Crippen MR) is 74.8 cm³/mol. The van der Waals surface area contributed by atoms with Crippen LogP contribution in [0.3, 0.4) is 0 Å². The summed E-state index contributed by atoms with van der Waals surface area (Å²) in [5, 5.41) is 3.15. The summed E-state index contributed by atoms with van der Waals surface area (Å²) in [6.07, 6.45) is 1.14. The van der Waals surface area contributed by atoms with E-state index in [0.29, 0.717) is 19.6 Å². The van der Waals surface area contributed by atoms with E-state index in [1.54, 1.807) is 0 Å². The lowest BCUT2D eigenvalue weighted by Gasteiger charge is -2.08. The first-order valence-electron chi connectivity index (χ1n) is 5.69. The standard InChI is InChI=1S/C11H15BrN2O4S/c1-19(15,16)14-3-2-13-6-8-4-10-11(5-9(8)12)18-7-17-10/h4-5,13-14H,2-3,6-7H2,1H3. The Hall–Kier alpha value is -0.830. The Bertz CT molecular complexity index is 562. The second-order valence-electron chi connectivity index (χ2n) is 4.14. The lowest BCUT2D eigenvalue weighted by atomic mass is 10.2. The summed E-state index contributed by atoms with van der Waals surface area (Å²) < 4.78 is 35.7. The Kier molecular flexibility index (Phi) is 4.67. The van der Waals surface area contributed by atoms with Crippen LogP contribution in [0.2, 0.25) is 0 Å². The molecule has 0 atom stereocenters. The molecule has 1 aromatic rings. The summed E-state index contributed by atoms with van der Waals surface area (Å²) in [4.78, 5) is 0. The number of sulfonamides is 1. The maximum atomic E-state index is 10.9. The van der Waals surface area contributed by atoms with Crippen LogP contribution in [0, 0.1) is 0 Å². The van der Waals surface area contributed by atoms with E-state index >= 15 is 0 Å². The summed E-state index contributed by atoms with van der Waals surface area (Å²) in [5.41, 5.74) is 1.03. The SMILES string of the molecule is CS(=O)(=O)NCCNCc1cc2c(cc1Br)OCO2. The first kappa shape index (κ1) is 14.6. The molecule has 1 aromatic carbocycles. The fourth-order valence-electron chi connectivity index (χ4n) is 1.64. The van der Waals surface area contributed by atoms with E-state index in [1.807, 2.05) is 12.1 Å². The zero-order valence-corrected chi connectivity index (χ0v) is 12.8. The van der Waals surface area contributed by atoms with Gasteiger partial charge in [0.2, 0.25) is 16.8 Å². The molecule has 19 heavy (non-hydrogen) atoms. The van der Waals surface area contributed by atoms with Gasteiger partial charge in [-0.2, -0.15) is 0 Å². The molecule has 6 nitrogen and oxygen atoms in total. The Labute approximate surface area is 120 Å². The van der Waals surface area contributed by atoms with E-state index in [-0.39, 0.29) is 6.79 Å². The molecule has 0 fully saturated rings. The second-order valence-corrected chi connectivity index (χ2v) is 6.83.